The maximum atomic E-state index is 13.8. The molecule has 1 saturated heterocycles. The van der Waals surface area contributed by atoms with E-state index in [-0.39, 0.29) is 29.8 Å². The number of nitrogens with zero attached hydrogens (tertiary/aromatic N) is 3. The van der Waals surface area contributed by atoms with Crippen LogP contribution in [-0.2, 0) is 11.3 Å². The van der Waals surface area contributed by atoms with E-state index in [1.54, 1.807) is 20.3 Å². The molecule has 3 unspecified atom stereocenters. The third-order valence-corrected chi connectivity index (χ3v) is 9.15. The zero-order valence-corrected chi connectivity index (χ0v) is 22.4. The number of carbonyl (C=O) groups excluding carboxylic acids is 2. The number of benzene rings is 1. The molecule has 1 N–H and O–H groups in total. The maximum Gasteiger partial charge on any atom is 0.255 e. The first-order valence-electron chi connectivity index (χ1n) is 13.8. The van der Waals surface area contributed by atoms with Gasteiger partial charge in [-0.2, -0.15) is 0 Å². The van der Waals surface area contributed by atoms with Gasteiger partial charge in [0.25, 0.3) is 11.5 Å². The van der Waals surface area contributed by atoms with Gasteiger partial charge in [0.2, 0.25) is 5.91 Å². The summed E-state index contributed by atoms with van der Waals surface area (Å²) in [7, 11) is 3.35. The van der Waals surface area contributed by atoms with Crippen LogP contribution in [0.5, 0.6) is 0 Å². The molecule has 2 aromatic rings. The van der Waals surface area contributed by atoms with E-state index in [9.17, 15) is 23.9 Å². The summed E-state index contributed by atoms with van der Waals surface area (Å²) in [5.74, 6) is -0.493. The lowest BCUT2D eigenvalue weighted by Crippen LogP contribution is -2.62. The van der Waals surface area contributed by atoms with Crippen molar-refractivity contribution in [3.63, 3.8) is 0 Å². The Labute approximate surface area is 223 Å². The van der Waals surface area contributed by atoms with Crippen LogP contribution in [0.3, 0.4) is 0 Å². The van der Waals surface area contributed by atoms with E-state index in [0.29, 0.717) is 49.9 Å². The molecule has 3 aliphatic rings. The summed E-state index contributed by atoms with van der Waals surface area (Å²) in [6.45, 7) is 0.869. The first-order chi connectivity index (χ1) is 18.1. The van der Waals surface area contributed by atoms with Gasteiger partial charge in [0.15, 0.2) is 0 Å². The van der Waals surface area contributed by atoms with Crippen molar-refractivity contribution in [2.75, 3.05) is 27.2 Å². The van der Waals surface area contributed by atoms with Crippen molar-refractivity contribution in [1.82, 2.24) is 14.4 Å². The van der Waals surface area contributed by atoms with Crippen LogP contribution >= 0.6 is 0 Å². The molecule has 0 radical (unpaired) electrons. The van der Waals surface area contributed by atoms with Gasteiger partial charge in [0, 0.05) is 56.3 Å². The van der Waals surface area contributed by atoms with Crippen molar-refractivity contribution in [2.24, 2.45) is 11.3 Å². The quantitative estimate of drug-likeness (QED) is 0.645. The number of hydrogen-bond donors (Lipinski definition) is 1. The second kappa shape index (κ2) is 10.3. The maximum absolute atomic E-state index is 13.8. The predicted octanol–water partition coefficient (Wildman–Crippen LogP) is 3.88. The zero-order valence-electron chi connectivity index (χ0n) is 22.4. The van der Waals surface area contributed by atoms with Gasteiger partial charge < -0.3 is 19.5 Å². The highest BCUT2D eigenvalue weighted by molar-refractivity contribution is 6.00. The minimum absolute atomic E-state index is 0.00159. The van der Waals surface area contributed by atoms with E-state index in [4.69, 9.17) is 0 Å². The Bertz CT molecular complexity index is 1250. The monoisotopic (exact) mass is 523 g/mol. The van der Waals surface area contributed by atoms with Gasteiger partial charge in [-0.3, -0.25) is 14.4 Å². The average Bonchev–Trinajstić information content (AvgIpc) is 3.56. The average molecular weight is 524 g/mol. The molecule has 3 fully saturated rings. The van der Waals surface area contributed by atoms with Crippen molar-refractivity contribution in [3.8, 4) is 11.1 Å². The first kappa shape index (κ1) is 26.6. The number of aromatic nitrogens is 1. The van der Waals surface area contributed by atoms with E-state index in [0.717, 1.165) is 31.2 Å². The van der Waals surface area contributed by atoms with Crippen molar-refractivity contribution < 1.29 is 19.1 Å². The summed E-state index contributed by atoms with van der Waals surface area (Å²) in [6.07, 6.45) is 5.77. The van der Waals surface area contributed by atoms with Crippen LogP contribution < -0.4 is 5.56 Å². The zero-order chi connectivity index (χ0) is 27.1. The van der Waals surface area contributed by atoms with Crippen LogP contribution in [0.25, 0.3) is 11.1 Å². The number of aliphatic hydroxyl groups is 1. The van der Waals surface area contributed by atoms with Gasteiger partial charge >= 0.3 is 0 Å². The van der Waals surface area contributed by atoms with Gasteiger partial charge in [0.05, 0.1) is 17.7 Å². The van der Waals surface area contributed by atoms with Crippen LogP contribution in [0.2, 0.25) is 0 Å². The van der Waals surface area contributed by atoms with Crippen molar-refractivity contribution >= 4 is 11.8 Å². The largest absolute Gasteiger partial charge is 0.387 e. The number of piperidine rings is 1. The van der Waals surface area contributed by atoms with Crippen LogP contribution in [0.1, 0.15) is 61.7 Å². The van der Waals surface area contributed by atoms with Crippen LogP contribution in [-0.4, -0.2) is 70.2 Å². The van der Waals surface area contributed by atoms with Crippen LogP contribution in [0, 0.1) is 11.3 Å². The Kier molecular flexibility index (Phi) is 7.20. The van der Waals surface area contributed by atoms with Gasteiger partial charge in [-0.05, 0) is 44.1 Å². The van der Waals surface area contributed by atoms with Crippen molar-refractivity contribution in [1.29, 1.82) is 0 Å². The lowest BCUT2D eigenvalue weighted by Gasteiger charge is -2.52. The summed E-state index contributed by atoms with van der Waals surface area (Å²) in [5, 5.41) is 12.2. The molecule has 1 aromatic heterocycles. The third-order valence-electron chi connectivity index (χ3n) is 9.15. The molecule has 1 aromatic carbocycles. The van der Waals surface area contributed by atoms with Gasteiger partial charge in [-0.15, -0.1) is 0 Å². The number of pyridine rings is 1. The van der Waals surface area contributed by atoms with Gasteiger partial charge in [-0.25, -0.2) is 4.39 Å². The SMILES string of the molecule is CN(C)C(=O)c1cn(CC2(O)CCN(C(=O)C3CCC(F)C3)CC23CCCC3)c(=O)cc1-c1ccccc1. The molecule has 1 aliphatic heterocycles. The molecule has 2 amide bonds. The van der Waals surface area contributed by atoms with E-state index >= 15 is 0 Å². The fourth-order valence-electron chi connectivity index (χ4n) is 6.94. The molecule has 8 heteroatoms. The van der Waals surface area contributed by atoms with E-state index < -0.39 is 17.2 Å². The van der Waals surface area contributed by atoms with Crippen LogP contribution in [0.15, 0.2) is 47.4 Å². The predicted molar refractivity (Wildman–Crippen MR) is 143 cm³/mol. The molecule has 3 atom stereocenters. The van der Waals surface area contributed by atoms with Gasteiger partial charge in [0.1, 0.15) is 6.17 Å². The van der Waals surface area contributed by atoms with Crippen LogP contribution in [0.4, 0.5) is 4.39 Å². The number of carbonyl (C=O) groups is 2. The topological polar surface area (TPSA) is 82.8 Å². The number of hydrogen-bond acceptors (Lipinski definition) is 4. The Hall–Kier alpha value is -3.00. The molecule has 2 aliphatic carbocycles. The molecule has 204 valence electrons. The second-order valence-electron chi connectivity index (χ2n) is 11.8. The van der Waals surface area contributed by atoms with Crippen molar-refractivity contribution in [2.45, 2.75) is 69.7 Å². The lowest BCUT2D eigenvalue weighted by molar-refractivity contribution is -0.163. The first-order valence-corrected chi connectivity index (χ1v) is 13.8. The summed E-state index contributed by atoms with van der Waals surface area (Å²) < 4.78 is 15.3. The number of alkyl halides is 1. The highest BCUT2D eigenvalue weighted by Crippen LogP contribution is 2.52. The Morgan fingerprint density at radius 3 is 2.45 bits per heavy atom. The highest BCUT2D eigenvalue weighted by Gasteiger charge is 2.56. The Morgan fingerprint density at radius 1 is 1.11 bits per heavy atom. The van der Waals surface area contributed by atoms with E-state index in [1.165, 1.54) is 15.5 Å². The molecule has 5 rings (SSSR count). The third kappa shape index (κ3) is 4.79. The number of amides is 2. The summed E-state index contributed by atoms with van der Waals surface area (Å²) in [4.78, 5) is 43.1. The number of rotatable bonds is 5. The lowest BCUT2D eigenvalue weighted by atomic mass is 9.65. The summed E-state index contributed by atoms with van der Waals surface area (Å²) in [5.41, 5.74) is -0.260. The Morgan fingerprint density at radius 2 is 1.82 bits per heavy atom. The summed E-state index contributed by atoms with van der Waals surface area (Å²) in [6, 6.07) is 10.8. The molecule has 2 heterocycles. The molecule has 0 bridgehead atoms. The smallest absolute Gasteiger partial charge is 0.255 e. The molecule has 1 spiro atoms. The molecular formula is C30H38FN3O4. The minimum atomic E-state index is -1.20. The van der Waals surface area contributed by atoms with E-state index in [1.807, 2.05) is 35.2 Å². The highest BCUT2D eigenvalue weighted by atomic mass is 19.1. The van der Waals surface area contributed by atoms with Crippen molar-refractivity contribution in [3.05, 3.63) is 58.5 Å². The minimum Gasteiger partial charge on any atom is -0.387 e. The normalized spacial score (nSPS) is 26.6. The molecule has 38 heavy (non-hydrogen) atoms. The Balaban J connectivity index is 1.47. The fourth-order valence-corrected chi connectivity index (χ4v) is 6.94. The summed E-state index contributed by atoms with van der Waals surface area (Å²) >= 11 is 0. The standard InChI is InChI=1S/C30H38FN3O4/c1-32(2)28(37)25-18-34(26(35)17-24(25)21-8-4-3-5-9-21)20-30(38)14-15-33(19-29(30)12-6-7-13-29)27(36)22-10-11-23(31)16-22/h3-5,8-9,17-18,22-23,38H,6-7,10-16,19-20H2,1-2H3. The fraction of sp³-hybridized carbons (Fsp3) is 0.567. The second-order valence-corrected chi connectivity index (χ2v) is 11.8. The molecular weight excluding hydrogens is 485 g/mol. The molecule has 2 saturated carbocycles. The number of halogens is 1. The van der Waals surface area contributed by atoms with Gasteiger partial charge in [-0.1, -0.05) is 43.2 Å². The number of likely N-dealkylation sites (tertiary alicyclic amines) is 1. The van der Waals surface area contributed by atoms with E-state index in [2.05, 4.69) is 0 Å². The molecule has 7 nitrogen and oxygen atoms in total.